The summed E-state index contributed by atoms with van der Waals surface area (Å²) in [5.41, 5.74) is 0.928. The van der Waals surface area contributed by atoms with Crippen LogP contribution in [0.1, 0.15) is 0 Å². The molecule has 5 heteroatoms. The number of hydrogen-bond donors (Lipinski definition) is 1. The Bertz CT molecular complexity index is 323. The maximum absolute atomic E-state index is 12.8. The van der Waals surface area contributed by atoms with Gasteiger partial charge in [-0.2, -0.15) is 0 Å². The second kappa shape index (κ2) is 7.81. The van der Waals surface area contributed by atoms with Gasteiger partial charge in [0.2, 0.25) is 0 Å². The van der Waals surface area contributed by atoms with Crippen LogP contribution in [0.4, 0.5) is 10.1 Å². The van der Waals surface area contributed by atoms with Gasteiger partial charge in [0.05, 0.1) is 19.8 Å². The van der Waals surface area contributed by atoms with Crippen LogP contribution >= 0.6 is 22.6 Å². The lowest BCUT2D eigenvalue weighted by molar-refractivity contribution is 0.0759. The molecule has 0 amide bonds. The van der Waals surface area contributed by atoms with Gasteiger partial charge in [0.15, 0.2) is 0 Å². The van der Waals surface area contributed by atoms with Crippen molar-refractivity contribution in [3.8, 4) is 0 Å². The summed E-state index contributed by atoms with van der Waals surface area (Å²) in [5.74, 6) is -0.216. The summed E-state index contributed by atoms with van der Waals surface area (Å²) >= 11 is 2.10. The van der Waals surface area contributed by atoms with Crippen molar-refractivity contribution in [2.24, 2.45) is 0 Å². The van der Waals surface area contributed by atoms with Gasteiger partial charge in [-0.25, -0.2) is 4.39 Å². The number of benzene rings is 1. The zero-order chi connectivity index (χ0) is 11.8. The molecule has 16 heavy (non-hydrogen) atoms. The molecule has 0 spiro atoms. The van der Waals surface area contributed by atoms with E-state index in [9.17, 15) is 4.39 Å². The van der Waals surface area contributed by atoms with Crippen LogP contribution in [0.3, 0.4) is 0 Å². The molecule has 0 aromatic heterocycles. The molecule has 1 aromatic rings. The average Bonchev–Trinajstić information content (AvgIpc) is 2.26. The molecule has 0 aliphatic rings. The standard InChI is InChI=1S/C11H15FINO2/c1-15-6-7-16-5-4-14-11-3-2-9(12)8-10(11)13/h2-3,8,14H,4-7H2,1H3. The molecule has 0 radical (unpaired) electrons. The molecule has 1 aromatic carbocycles. The Morgan fingerprint density at radius 2 is 2.12 bits per heavy atom. The SMILES string of the molecule is COCCOCCNc1ccc(F)cc1I. The van der Waals surface area contributed by atoms with Crippen molar-refractivity contribution >= 4 is 28.3 Å². The lowest BCUT2D eigenvalue weighted by Gasteiger charge is -2.08. The quantitative estimate of drug-likeness (QED) is 0.612. The second-order valence-corrected chi connectivity index (χ2v) is 4.32. The minimum Gasteiger partial charge on any atom is -0.382 e. The summed E-state index contributed by atoms with van der Waals surface area (Å²) in [4.78, 5) is 0. The van der Waals surface area contributed by atoms with Crippen molar-refractivity contribution < 1.29 is 13.9 Å². The van der Waals surface area contributed by atoms with Crippen LogP contribution in [-0.4, -0.2) is 33.5 Å². The number of ether oxygens (including phenoxy) is 2. The zero-order valence-corrected chi connectivity index (χ0v) is 11.3. The molecular formula is C11H15FINO2. The van der Waals surface area contributed by atoms with Gasteiger partial charge in [0.25, 0.3) is 0 Å². The second-order valence-electron chi connectivity index (χ2n) is 3.16. The summed E-state index contributed by atoms with van der Waals surface area (Å²) in [5, 5.41) is 3.18. The Labute approximate surface area is 108 Å². The molecule has 0 heterocycles. The molecule has 0 unspecified atom stereocenters. The predicted octanol–water partition coefficient (Wildman–Crippen LogP) is 2.51. The third kappa shape index (κ3) is 5.09. The number of nitrogens with one attached hydrogen (secondary N) is 1. The van der Waals surface area contributed by atoms with E-state index in [1.165, 1.54) is 12.1 Å². The number of methoxy groups -OCH3 is 1. The van der Waals surface area contributed by atoms with E-state index >= 15 is 0 Å². The molecule has 0 aliphatic heterocycles. The van der Waals surface area contributed by atoms with Gasteiger partial charge in [-0.1, -0.05) is 0 Å². The largest absolute Gasteiger partial charge is 0.382 e. The van der Waals surface area contributed by atoms with Crippen molar-refractivity contribution in [3.63, 3.8) is 0 Å². The summed E-state index contributed by atoms with van der Waals surface area (Å²) in [6, 6.07) is 4.66. The average molecular weight is 339 g/mol. The number of rotatable bonds is 7. The van der Waals surface area contributed by atoms with Crippen molar-refractivity contribution in [2.75, 3.05) is 38.8 Å². The van der Waals surface area contributed by atoms with Crippen LogP contribution in [0, 0.1) is 9.39 Å². The fourth-order valence-corrected chi connectivity index (χ4v) is 1.80. The molecule has 1 rings (SSSR count). The van der Waals surface area contributed by atoms with E-state index in [1.54, 1.807) is 13.2 Å². The molecule has 0 saturated carbocycles. The molecule has 0 atom stereocenters. The maximum atomic E-state index is 12.8. The lowest BCUT2D eigenvalue weighted by Crippen LogP contribution is -2.12. The number of anilines is 1. The molecule has 90 valence electrons. The fraction of sp³-hybridized carbons (Fsp3) is 0.455. The molecule has 1 N–H and O–H groups in total. The molecule has 0 saturated heterocycles. The van der Waals surface area contributed by atoms with E-state index in [0.717, 1.165) is 9.26 Å². The molecular weight excluding hydrogens is 324 g/mol. The Morgan fingerprint density at radius 1 is 1.31 bits per heavy atom. The van der Waals surface area contributed by atoms with Crippen LogP contribution in [0.2, 0.25) is 0 Å². The Balaban J connectivity index is 2.21. The van der Waals surface area contributed by atoms with E-state index in [0.29, 0.717) is 26.4 Å². The molecule has 0 fully saturated rings. The van der Waals surface area contributed by atoms with E-state index < -0.39 is 0 Å². The third-order valence-electron chi connectivity index (χ3n) is 1.92. The lowest BCUT2D eigenvalue weighted by atomic mass is 10.3. The highest BCUT2D eigenvalue weighted by Crippen LogP contribution is 2.18. The van der Waals surface area contributed by atoms with Crippen molar-refractivity contribution in [1.29, 1.82) is 0 Å². The highest BCUT2D eigenvalue weighted by atomic mass is 127. The van der Waals surface area contributed by atoms with Gasteiger partial charge < -0.3 is 14.8 Å². The van der Waals surface area contributed by atoms with Gasteiger partial charge in [-0.15, -0.1) is 0 Å². The minimum atomic E-state index is -0.216. The van der Waals surface area contributed by atoms with Crippen LogP contribution in [0.5, 0.6) is 0 Å². The normalized spacial score (nSPS) is 10.4. The first-order valence-electron chi connectivity index (χ1n) is 4.99. The van der Waals surface area contributed by atoms with E-state index in [1.807, 2.05) is 0 Å². The van der Waals surface area contributed by atoms with Crippen molar-refractivity contribution in [1.82, 2.24) is 0 Å². The third-order valence-corrected chi connectivity index (χ3v) is 2.82. The van der Waals surface area contributed by atoms with E-state index in [2.05, 4.69) is 27.9 Å². The van der Waals surface area contributed by atoms with Gasteiger partial charge in [0, 0.05) is 22.9 Å². The highest BCUT2D eigenvalue weighted by Gasteiger charge is 2.00. The first-order chi connectivity index (χ1) is 7.74. The first-order valence-corrected chi connectivity index (χ1v) is 6.07. The van der Waals surface area contributed by atoms with Gasteiger partial charge in [0.1, 0.15) is 5.82 Å². The summed E-state index contributed by atoms with van der Waals surface area (Å²) in [7, 11) is 1.64. The summed E-state index contributed by atoms with van der Waals surface area (Å²) in [6.07, 6.45) is 0. The molecule has 0 aliphatic carbocycles. The predicted molar refractivity (Wildman–Crippen MR) is 70.3 cm³/mol. The Morgan fingerprint density at radius 3 is 2.81 bits per heavy atom. The fourth-order valence-electron chi connectivity index (χ4n) is 1.14. The van der Waals surface area contributed by atoms with Gasteiger partial charge in [-0.05, 0) is 40.8 Å². The van der Waals surface area contributed by atoms with Crippen molar-refractivity contribution in [3.05, 3.63) is 27.6 Å². The Kier molecular flexibility index (Phi) is 6.67. The molecule has 0 bridgehead atoms. The smallest absolute Gasteiger partial charge is 0.124 e. The highest BCUT2D eigenvalue weighted by molar-refractivity contribution is 14.1. The zero-order valence-electron chi connectivity index (χ0n) is 9.13. The van der Waals surface area contributed by atoms with Gasteiger partial charge in [-0.3, -0.25) is 0 Å². The summed E-state index contributed by atoms with van der Waals surface area (Å²) < 4.78 is 23.8. The van der Waals surface area contributed by atoms with E-state index in [4.69, 9.17) is 9.47 Å². The maximum Gasteiger partial charge on any atom is 0.124 e. The van der Waals surface area contributed by atoms with Crippen LogP contribution in [-0.2, 0) is 9.47 Å². The minimum absolute atomic E-state index is 0.216. The number of hydrogen-bond acceptors (Lipinski definition) is 3. The van der Waals surface area contributed by atoms with Crippen LogP contribution < -0.4 is 5.32 Å². The first kappa shape index (κ1) is 13.7. The summed E-state index contributed by atoms with van der Waals surface area (Å²) in [6.45, 7) is 2.51. The monoisotopic (exact) mass is 339 g/mol. The van der Waals surface area contributed by atoms with Crippen LogP contribution in [0.15, 0.2) is 18.2 Å². The molecule has 3 nitrogen and oxygen atoms in total. The number of halogens is 2. The van der Waals surface area contributed by atoms with Gasteiger partial charge >= 0.3 is 0 Å². The van der Waals surface area contributed by atoms with Crippen molar-refractivity contribution in [2.45, 2.75) is 0 Å². The van der Waals surface area contributed by atoms with Crippen LogP contribution in [0.25, 0.3) is 0 Å². The Hall–Kier alpha value is -0.400. The topological polar surface area (TPSA) is 30.5 Å². The van der Waals surface area contributed by atoms with E-state index in [-0.39, 0.29) is 5.82 Å².